The summed E-state index contributed by atoms with van der Waals surface area (Å²) < 4.78 is 29.7. The molecule has 2 amide bonds. The molecule has 2 N–H and O–H groups in total. The molecule has 2 aliphatic heterocycles. The molecule has 0 aliphatic carbocycles. The van der Waals surface area contributed by atoms with E-state index in [0.29, 0.717) is 33.0 Å². The number of hydrogen-bond acceptors (Lipinski definition) is 4. The van der Waals surface area contributed by atoms with E-state index in [0.717, 1.165) is 18.4 Å². The first-order chi connectivity index (χ1) is 11.7. The van der Waals surface area contributed by atoms with Gasteiger partial charge in [-0.15, -0.1) is 0 Å². The first-order valence-electron chi connectivity index (χ1n) is 8.33. The molecule has 2 heterocycles. The fourth-order valence-corrected chi connectivity index (χ4v) is 2.98. The predicted octanol–water partition coefficient (Wildman–Crippen LogP) is 1.76. The van der Waals surface area contributed by atoms with Crippen LogP contribution in [0.3, 0.4) is 0 Å². The molecule has 7 heteroatoms. The lowest BCUT2D eigenvalue weighted by atomic mass is 9.99. The maximum Gasteiger partial charge on any atom is 0.315 e. The third kappa shape index (κ3) is 4.66. The number of urea groups is 1. The highest BCUT2D eigenvalue weighted by atomic mass is 19.1. The van der Waals surface area contributed by atoms with E-state index in [4.69, 9.17) is 14.2 Å². The zero-order valence-corrected chi connectivity index (χ0v) is 13.5. The van der Waals surface area contributed by atoms with E-state index < -0.39 is 0 Å². The number of nitrogens with one attached hydrogen (secondary N) is 2. The van der Waals surface area contributed by atoms with Crippen molar-refractivity contribution >= 4 is 6.03 Å². The van der Waals surface area contributed by atoms with Crippen molar-refractivity contribution in [2.24, 2.45) is 0 Å². The Labute approximate surface area is 140 Å². The second kappa shape index (κ2) is 8.41. The molecular formula is C17H23FN2O4. The van der Waals surface area contributed by atoms with Gasteiger partial charge in [0.05, 0.1) is 38.1 Å². The van der Waals surface area contributed by atoms with E-state index in [1.165, 1.54) is 12.1 Å². The Hall–Kier alpha value is -1.70. The largest absolute Gasteiger partial charge is 0.376 e. The smallest absolute Gasteiger partial charge is 0.315 e. The van der Waals surface area contributed by atoms with Crippen molar-refractivity contribution in [2.45, 2.75) is 31.1 Å². The molecule has 0 aromatic heterocycles. The van der Waals surface area contributed by atoms with Crippen LogP contribution in [-0.2, 0) is 14.2 Å². The van der Waals surface area contributed by atoms with Gasteiger partial charge in [-0.2, -0.15) is 0 Å². The lowest BCUT2D eigenvalue weighted by Gasteiger charge is -2.26. The van der Waals surface area contributed by atoms with Crippen molar-refractivity contribution in [3.8, 4) is 0 Å². The number of ether oxygens (including phenoxy) is 3. The minimum absolute atomic E-state index is 0.101. The van der Waals surface area contributed by atoms with E-state index >= 15 is 0 Å². The highest BCUT2D eigenvalue weighted by Gasteiger charge is 2.29. The van der Waals surface area contributed by atoms with Gasteiger partial charge in [-0.25, -0.2) is 9.18 Å². The van der Waals surface area contributed by atoms with Gasteiger partial charge in [-0.1, -0.05) is 12.1 Å². The molecule has 132 valence electrons. The van der Waals surface area contributed by atoms with Gasteiger partial charge in [0.1, 0.15) is 5.82 Å². The van der Waals surface area contributed by atoms with E-state index in [9.17, 15) is 9.18 Å². The monoisotopic (exact) mass is 338 g/mol. The van der Waals surface area contributed by atoms with Crippen LogP contribution in [0.1, 0.15) is 24.4 Å². The molecule has 3 atom stereocenters. The Kier molecular flexibility index (Phi) is 6.01. The van der Waals surface area contributed by atoms with Crippen LogP contribution in [0.5, 0.6) is 0 Å². The Bertz CT molecular complexity index is 528. The summed E-state index contributed by atoms with van der Waals surface area (Å²) in [6.07, 6.45) is 1.59. The number of hydrogen-bond donors (Lipinski definition) is 2. The van der Waals surface area contributed by atoms with Crippen molar-refractivity contribution in [2.75, 3.05) is 33.0 Å². The van der Waals surface area contributed by atoms with Crippen LogP contribution >= 0.6 is 0 Å². The molecule has 0 bridgehead atoms. The standard InChI is InChI=1S/C17H23FN2O4/c18-13-5-3-12(4-6-13)16(15-2-1-7-24-15)20-17(21)19-10-14-11-22-8-9-23-14/h3-6,14-16H,1-2,7-11H2,(H2,19,20,21)/t14-,15+,16-/m1/s1. The summed E-state index contributed by atoms with van der Waals surface area (Å²) in [6, 6.07) is 5.54. The third-order valence-corrected chi connectivity index (χ3v) is 4.23. The number of halogens is 1. The van der Waals surface area contributed by atoms with Crippen molar-refractivity contribution in [1.82, 2.24) is 10.6 Å². The first-order valence-corrected chi connectivity index (χ1v) is 8.33. The fraction of sp³-hybridized carbons (Fsp3) is 0.588. The van der Waals surface area contributed by atoms with Crippen LogP contribution in [-0.4, -0.2) is 51.2 Å². The molecule has 3 rings (SSSR count). The quantitative estimate of drug-likeness (QED) is 0.858. The van der Waals surface area contributed by atoms with Crippen LogP contribution in [0.2, 0.25) is 0 Å². The van der Waals surface area contributed by atoms with Crippen LogP contribution < -0.4 is 10.6 Å². The molecule has 2 saturated heterocycles. The Balaban J connectivity index is 1.58. The van der Waals surface area contributed by atoms with E-state index in [-0.39, 0.29) is 30.1 Å². The topological polar surface area (TPSA) is 68.8 Å². The number of rotatable bonds is 5. The maximum atomic E-state index is 13.2. The van der Waals surface area contributed by atoms with Crippen LogP contribution in [0.4, 0.5) is 9.18 Å². The van der Waals surface area contributed by atoms with Crippen molar-refractivity contribution in [1.29, 1.82) is 0 Å². The highest BCUT2D eigenvalue weighted by Crippen LogP contribution is 2.27. The van der Waals surface area contributed by atoms with Crippen LogP contribution in [0.25, 0.3) is 0 Å². The number of carbonyl (C=O) groups is 1. The summed E-state index contributed by atoms with van der Waals surface area (Å²) in [4.78, 5) is 12.2. The van der Waals surface area contributed by atoms with Gasteiger partial charge in [0, 0.05) is 13.2 Å². The summed E-state index contributed by atoms with van der Waals surface area (Å²) in [6.45, 7) is 2.68. The fourth-order valence-electron chi connectivity index (χ4n) is 2.98. The van der Waals surface area contributed by atoms with Gasteiger partial charge < -0.3 is 24.8 Å². The first kappa shape index (κ1) is 17.1. The minimum Gasteiger partial charge on any atom is -0.376 e. The third-order valence-electron chi connectivity index (χ3n) is 4.23. The number of benzene rings is 1. The van der Waals surface area contributed by atoms with Gasteiger partial charge >= 0.3 is 6.03 Å². The average molecular weight is 338 g/mol. The SMILES string of the molecule is O=C(NC[C@@H]1COCCO1)N[C@H](c1ccc(F)cc1)[C@@H]1CCCO1. The lowest BCUT2D eigenvalue weighted by Crippen LogP contribution is -2.46. The summed E-state index contributed by atoms with van der Waals surface area (Å²) in [5, 5.41) is 5.74. The molecule has 0 radical (unpaired) electrons. The predicted molar refractivity (Wildman–Crippen MR) is 85.2 cm³/mol. The molecule has 0 unspecified atom stereocenters. The van der Waals surface area contributed by atoms with Gasteiger partial charge in [0.15, 0.2) is 0 Å². The van der Waals surface area contributed by atoms with E-state index in [1.54, 1.807) is 12.1 Å². The second-order valence-electron chi connectivity index (χ2n) is 6.00. The van der Waals surface area contributed by atoms with Crippen molar-refractivity contribution in [3.63, 3.8) is 0 Å². The molecule has 0 spiro atoms. The molecule has 6 nitrogen and oxygen atoms in total. The average Bonchev–Trinajstić information content (AvgIpc) is 3.14. The highest BCUT2D eigenvalue weighted by molar-refractivity contribution is 5.74. The zero-order valence-electron chi connectivity index (χ0n) is 13.5. The molecule has 1 aromatic rings. The zero-order chi connectivity index (χ0) is 16.8. The van der Waals surface area contributed by atoms with E-state index in [2.05, 4.69) is 10.6 Å². The molecule has 24 heavy (non-hydrogen) atoms. The normalized spacial score (nSPS) is 25.2. The Morgan fingerprint density at radius 2 is 2.04 bits per heavy atom. The van der Waals surface area contributed by atoms with Gasteiger partial charge in [-0.3, -0.25) is 0 Å². The summed E-state index contributed by atoms with van der Waals surface area (Å²) in [5.74, 6) is -0.302. The molecular weight excluding hydrogens is 315 g/mol. The maximum absolute atomic E-state index is 13.2. The van der Waals surface area contributed by atoms with Gasteiger partial charge in [0.2, 0.25) is 0 Å². The second-order valence-corrected chi connectivity index (χ2v) is 6.00. The summed E-state index contributed by atoms with van der Waals surface area (Å²) in [5.41, 5.74) is 0.829. The number of amides is 2. The van der Waals surface area contributed by atoms with Crippen LogP contribution in [0.15, 0.2) is 24.3 Å². The van der Waals surface area contributed by atoms with Gasteiger partial charge in [-0.05, 0) is 30.5 Å². The van der Waals surface area contributed by atoms with Crippen LogP contribution in [0, 0.1) is 5.82 Å². The minimum atomic E-state index is -0.309. The summed E-state index contributed by atoms with van der Waals surface area (Å²) >= 11 is 0. The van der Waals surface area contributed by atoms with Crippen molar-refractivity contribution in [3.05, 3.63) is 35.6 Å². The number of carbonyl (C=O) groups excluding carboxylic acids is 1. The van der Waals surface area contributed by atoms with Crippen molar-refractivity contribution < 1.29 is 23.4 Å². The molecule has 2 fully saturated rings. The van der Waals surface area contributed by atoms with Gasteiger partial charge in [0.25, 0.3) is 0 Å². The Morgan fingerprint density at radius 3 is 2.71 bits per heavy atom. The lowest BCUT2D eigenvalue weighted by molar-refractivity contribution is -0.0854. The molecule has 0 saturated carbocycles. The summed E-state index contributed by atoms with van der Waals surface area (Å²) in [7, 11) is 0. The Morgan fingerprint density at radius 1 is 1.21 bits per heavy atom. The molecule has 1 aromatic carbocycles. The molecule has 2 aliphatic rings. The van der Waals surface area contributed by atoms with E-state index in [1.807, 2.05) is 0 Å².